The first kappa shape index (κ1) is 28.4. The van der Waals surface area contributed by atoms with Gasteiger partial charge in [0.1, 0.15) is 0 Å². The SMILES string of the molecule is CC[C@H](C)C[C@H](C)C[C@H](CO)C[C@@H](C)/C=C(C)/C=C(/C[C@@H](C)C(=O)OC)C(=O)OC. The van der Waals surface area contributed by atoms with Crippen LogP contribution < -0.4 is 0 Å². The monoisotopic (exact) mass is 424 g/mol. The molecular formula is C25H44O5. The molecule has 174 valence electrons. The summed E-state index contributed by atoms with van der Waals surface area (Å²) in [6, 6.07) is 0. The first-order chi connectivity index (χ1) is 14.1. The van der Waals surface area contributed by atoms with Crippen molar-refractivity contribution in [2.45, 2.75) is 73.6 Å². The molecule has 5 nitrogen and oxygen atoms in total. The molecule has 0 aromatic carbocycles. The third-order valence-electron chi connectivity index (χ3n) is 5.73. The maximum atomic E-state index is 12.1. The van der Waals surface area contributed by atoms with E-state index < -0.39 is 11.9 Å². The fraction of sp³-hybridized carbons (Fsp3) is 0.760. The van der Waals surface area contributed by atoms with Crippen LogP contribution in [0.25, 0.3) is 0 Å². The lowest BCUT2D eigenvalue weighted by Crippen LogP contribution is -2.17. The van der Waals surface area contributed by atoms with E-state index in [9.17, 15) is 14.7 Å². The average Bonchev–Trinajstić information content (AvgIpc) is 2.70. The van der Waals surface area contributed by atoms with E-state index in [0.29, 0.717) is 17.4 Å². The molecule has 0 saturated carbocycles. The summed E-state index contributed by atoms with van der Waals surface area (Å²) in [5.41, 5.74) is 1.40. The Kier molecular flexibility index (Phi) is 14.4. The Labute approximate surface area is 183 Å². The largest absolute Gasteiger partial charge is 0.469 e. The van der Waals surface area contributed by atoms with Gasteiger partial charge in [0, 0.05) is 12.2 Å². The molecule has 0 aliphatic carbocycles. The normalized spacial score (nSPS) is 17.6. The zero-order valence-corrected chi connectivity index (χ0v) is 20.4. The molecule has 0 aliphatic heterocycles. The number of rotatable bonds is 14. The van der Waals surface area contributed by atoms with Crippen LogP contribution in [-0.4, -0.2) is 37.9 Å². The number of esters is 2. The predicted molar refractivity (Wildman–Crippen MR) is 122 cm³/mol. The van der Waals surface area contributed by atoms with E-state index in [2.05, 4.69) is 33.8 Å². The molecule has 0 aromatic heterocycles. The van der Waals surface area contributed by atoms with Crippen molar-refractivity contribution in [3.05, 3.63) is 23.3 Å². The summed E-state index contributed by atoms with van der Waals surface area (Å²) in [5.74, 6) is 0.650. The second kappa shape index (κ2) is 15.2. The highest BCUT2D eigenvalue weighted by Crippen LogP contribution is 2.26. The molecule has 0 aliphatic rings. The predicted octanol–water partition coefficient (Wildman–Crippen LogP) is 5.33. The molecule has 5 heteroatoms. The van der Waals surface area contributed by atoms with E-state index in [4.69, 9.17) is 9.47 Å². The molecule has 0 spiro atoms. The lowest BCUT2D eigenvalue weighted by Gasteiger charge is -2.23. The number of ether oxygens (including phenoxy) is 2. The van der Waals surface area contributed by atoms with Crippen LogP contribution >= 0.6 is 0 Å². The molecule has 0 bridgehead atoms. The van der Waals surface area contributed by atoms with Gasteiger partial charge in [-0.15, -0.1) is 0 Å². The summed E-state index contributed by atoms with van der Waals surface area (Å²) in [5, 5.41) is 9.84. The van der Waals surface area contributed by atoms with Gasteiger partial charge in [-0.2, -0.15) is 0 Å². The lowest BCUT2D eigenvalue weighted by molar-refractivity contribution is -0.145. The Balaban J connectivity index is 5.12. The van der Waals surface area contributed by atoms with E-state index in [0.717, 1.165) is 18.4 Å². The van der Waals surface area contributed by atoms with Crippen molar-refractivity contribution in [1.29, 1.82) is 0 Å². The van der Waals surface area contributed by atoms with Crippen molar-refractivity contribution < 1.29 is 24.2 Å². The number of carbonyl (C=O) groups excluding carboxylic acids is 2. The molecule has 5 atom stereocenters. The average molecular weight is 425 g/mol. The highest BCUT2D eigenvalue weighted by atomic mass is 16.5. The Morgan fingerprint density at radius 1 is 0.967 bits per heavy atom. The van der Waals surface area contributed by atoms with Crippen LogP contribution in [0.4, 0.5) is 0 Å². The lowest BCUT2D eigenvalue weighted by atomic mass is 9.84. The van der Waals surface area contributed by atoms with Gasteiger partial charge in [0.05, 0.1) is 20.1 Å². The number of methoxy groups -OCH3 is 2. The summed E-state index contributed by atoms with van der Waals surface area (Å²) in [4.78, 5) is 23.8. The molecule has 0 saturated heterocycles. The Morgan fingerprint density at radius 3 is 2.10 bits per heavy atom. The van der Waals surface area contributed by atoms with Crippen LogP contribution in [0.1, 0.15) is 73.6 Å². The van der Waals surface area contributed by atoms with Crippen LogP contribution in [0.3, 0.4) is 0 Å². The molecule has 0 radical (unpaired) electrons. The number of allylic oxidation sites excluding steroid dienone is 3. The maximum absolute atomic E-state index is 12.1. The van der Waals surface area contributed by atoms with Crippen molar-refractivity contribution in [2.75, 3.05) is 20.8 Å². The Morgan fingerprint density at radius 2 is 1.60 bits per heavy atom. The number of hydrogen-bond acceptors (Lipinski definition) is 5. The fourth-order valence-electron chi connectivity index (χ4n) is 4.08. The van der Waals surface area contributed by atoms with Gasteiger partial charge in [-0.25, -0.2) is 4.79 Å². The van der Waals surface area contributed by atoms with Crippen molar-refractivity contribution in [2.24, 2.45) is 29.6 Å². The Bertz CT molecular complexity index is 578. The summed E-state index contributed by atoms with van der Waals surface area (Å²) < 4.78 is 9.64. The van der Waals surface area contributed by atoms with Crippen LogP contribution in [0, 0.1) is 29.6 Å². The zero-order valence-electron chi connectivity index (χ0n) is 20.4. The zero-order chi connectivity index (χ0) is 23.3. The Hall–Kier alpha value is -1.62. The fourth-order valence-corrected chi connectivity index (χ4v) is 4.08. The molecule has 30 heavy (non-hydrogen) atoms. The standard InChI is InChI=1S/C25H44O5/c1-9-17(2)10-18(3)12-22(16-26)13-19(4)11-20(5)14-23(25(28)30-8)15-21(6)24(27)29-7/h11,14,17-19,21-22,26H,9-10,12-13,15-16H2,1-8H3/b20-11+,23-14-/t17-,18-,19-,21+,22-/m0/s1. The molecule has 0 heterocycles. The van der Waals surface area contributed by atoms with Crippen molar-refractivity contribution in [1.82, 2.24) is 0 Å². The molecule has 0 unspecified atom stereocenters. The quantitative estimate of drug-likeness (QED) is 0.232. The molecule has 0 rings (SSSR count). The number of aliphatic hydroxyl groups excluding tert-OH is 1. The molecule has 0 fully saturated rings. The summed E-state index contributed by atoms with van der Waals surface area (Å²) in [7, 11) is 2.68. The van der Waals surface area contributed by atoms with E-state index >= 15 is 0 Å². The van der Waals surface area contributed by atoms with E-state index in [-0.39, 0.29) is 30.8 Å². The first-order valence-electron chi connectivity index (χ1n) is 11.2. The maximum Gasteiger partial charge on any atom is 0.333 e. The highest BCUT2D eigenvalue weighted by molar-refractivity contribution is 5.90. The molecular weight excluding hydrogens is 380 g/mol. The number of aliphatic hydroxyl groups is 1. The minimum absolute atomic E-state index is 0.196. The second-order valence-electron chi connectivity index (χ2n) is 9.05. The third-order valence-corrected chi connectivity index (χ3v) is 5.73. The van der Waals surface area contributed by atoms with Gasteiger partial charge in [0.25, 0.3) is 0 Å². The highest BCUT2D eigenvalue weighted by Gasteiger charge is 2.20. The summed E-state index contributed by atoms with van der Waals surface area (Å²) in [6.45, 7) is 12.8. The molecule has 0 aromatic rings. The van der Waals surface area contributed by atoms with Gasteiger partial charge < -0.3 is 14.6 Å². The van der Waals surface area contributed by atoms with Gasteiger partial charge in [-0.1, -0.05) is 52.7 Å². The minimum atomic E-state index is -0.432. The smallest absolute Gasteiger partial charge is 0.333 e. The van der Waals surface area contributed by atoms with Crippen molar-refractivity contribution in [3.8, 4) is 0 Å². The van der Waals surface area contributed by atoms with Crippen molar-refractivity contribution in [3.63, 3.8) is 0 Å². The number of carbonyl (C=O) groups is 2. The minimum Gasteiger partial charge on any atom is -0.469 e. The second-order valence-corrected chi connectivity index (χ2v) is 9.05. The molecule has 0 amide bonds. The van der Waals surface area contributed by atoms with E-state index in [1.807, 2.05) is 6.92 Å². The molecule has 1 N–H and O–H groups in total. The van der Waals surface area contributed by atoms with Gasteiger partial charge in [0.2, 0.25) is 0 Å². The van der Waals surface area contributed by atoms with Crippen molar-refractivity contribution >= 4 is 11.9 Å². The van der Waals surface area contributed by atoms with Crippen LogP contribution in [-0.2, 0) is 19.1 Å². The van der Waals surface area contributed by atoms with Crippen LogP contribution in [0.5, 0.6) is 0 Å². The van der Waals surface area contributed by atoms with Gasteiger partial charge >= 0.3 is 11.9 Å². The van der Waals surface area contributed by atoms with E-state index in [1.165, 1.54) is 27.1 Å². The van der Waals surface area contributed by atoms with Crippen LogP contribution in [0.15, 0.2) is 23.3 Å². The van der Waals surface area contributed by atoms with Crippen LogP contribution in [0.2, 0.25) is 0 Å². The van der Waals surface area contributed by atoms with Gasteiger partial charge in [-0.05, 0) is 62.4 Å². The summed E-state index contributed by atoms with van der Waals surface area (Å²) in [6.07, 6.45) is 8.49. The third kappa shape index (κ3) is 11.5. The summed E-state index contributed by atoms with van der Waals surface area (Å²) >= 11 is 0. The first-order valence-corrected chi connectivity index (χ1v) is 11.2. The van der Waals surface area contributed by atoms with Gasteiger partial charge in [-0.3, -0.25) is 4.79 Å². The topological polar surface area (TPSA) is 72.8 Å². The van der Waals surface area contributed by atoms with E-state index in [1.54, 1.807) is 13.0 Å². The number of hydrogen-bond donors (Lipinski definition) is 1. The van der Waals surface area contributed by atoms with Gasteiger partial charge in [0.15, 0.2) is 0 Å².